The van der Waals surface area contributed by atoms with Crippen LogP contribution in [-0.2, 0) is 9.53 Å². The predicted octanol–water partition coefficient (Wildman–Crippen LogP) is 3.61. The van der Waals surface area contributed by atoms with Gasteiger partial charge in [-0.15, -0.1) is 0 Å². The van der Waals surface area contributed by atoms with Gasteiger partial charge in [0.25, 0.3) is 0 Å². The number of hydrogen-bond acceptors (Lipinski definition) is 6. The van der Waals surface area contributed by atoms with Crippen molar-refractivity contribution < 1.29 is 9.53 Å². The Bertz CT molecular complexity index is 859. The number of pyridine rings is 1. The van der Waals surface area contributed by atoms with Crippen molar-refractivity contribution in [3.05, 3.63) is 47.6 Å². The van der Waals surface area contributed by atoms with E-state index in [2.05, 4.69) is 19.7 Å². The highest BCUT2D eigenvalue weighted by Gasteiger charge is 2.13. The molecule has 0 amide bonds. The summed E-state index contributed by atoms with van der Waals surface area (Å²) in [6.45, 7) is 0. The molecule has 116 valence electrons. The molecule has 0 fully saturated rings. The van der Waals surface area contributed by atoms with Crippen LogP contribution in [0.15, 0.2) is 47.8 Å². The molecule has 3 rings (SSSR count). The third-order valence-corrected chi connectivity index (χ3v) is 4.15. The lowest BCUT2D eigenvalue weighted by molar-refractivity contribution is -0.137. The van der Waals surface area contributed by atoms with Gasteiger partial charge in [0.1, 0.15) is 5.69 Å². The fourth-order valence-electron chi connectivity index (χ4n) is 2.02. The SMILES string of the molecule is COC(=O)CSc1nc(-c2ccccn2)c2cc(Cl)ccc2n1. The lowest BCUT2D eigenvalue weighted by Gasteiger charge is -2.08. The van der Waals surface area contributed by atoms with Gasteiger partial charge in [-0.1, -0.05) is 29.4 Å². The number of thioether (sulfide) groups is 1. The van der Waals surface area contributed by atoms with E-state index in [0.717, 1.165) is 16.6 Å². The van der Waals surface area contributed by atoms with Gasteiger partial charge in [-0.25, -0.2) is 9.97 Å². The molecule has 0 aliphatic carbocycles. The second-order valence-electron chi connectivity index (χ2n) is 4.60. The van der Waals surface area contributed by atoms with E-state index in [1.165, 1.54) is 18.9 Å². The van der Waals surface area contributed by atoms with E-state index in [4.69, 9.17) is 11.6 Å². The largest absolute Gasteiger partial charge is 0.468 e. The van der Waals surface area contributed by atoms with E-state index >= 15 is 0 Å². The number of ether oxygens (including phenoxy) is 1. The standard InChI is InChI=1S/C16H12ClN3O2S/c1-22-14(21)9-23-16-19-12-6-5-10(17)8-11(12)15(20-16)13-4-2-3-7-18-13/h2-8H,9H2,1H3. The monoisotopic (exact) mass is 345 g/mol. The van der Waals surface area contributed by atoms with E-state index in [1.54, 1.807) is 12.3 Å². The Hall–Kier alpha value is -2.18. The quantitative estimate of drug-likeness (QED) is 0.409. The summed E-state index contributed by atoms with van der Waals surface area (Å²) in [5.74, 6) is -0.175. The smallest absolute Gasteiger partial charge is 0.316 e. The summed E-state index contributed by atoms with van der Waals surface area (Å²) < 4.78 is 4.64. The minimum absolute atomic E-state index is 0.150. The molecule has 0 aliphatic rings. The molecule has 1 aromatic carbocycles. The van der Waals surface area contributed by atoms with Crippen LogP contribution in [0.2, 0.25) is 5.02 Å². The van der Waals surface area contributed by atoms with Crippen LogP contribution in [-0.4, -0.2) is 33.8 Å². The molecule has 0 unspecified atom stereocenters. The molecule has 7 heteroatoms. The number of hydrogen-bond donors (Lipinski definition) is 0. The van der Waals surface area contributed by atoms with Gasteiger partial charge in [0, 0.05) is 16.6 Å². The molecule has 5 nitrogen and oxygen atoms in total. The van der Waals surface area contributed by atoms with Crippen molar-refractivity contribution in [1.82, 2.24) is 15.0 Å². The topological polar surface area (TPSA) is 65.0 Å². The van der Waals surface area contributed by atoms with Crippen molar-refractivity contribution in [2.75, 3.05) is 12.9 Å². The van der Waals surface area contributed by atoms with Gasteiger partial charge in [0.15, 0.2) is 5.16 Å². The second-order valence-corrected chi connectivity index (χ2v) is 5.97. The molecule has 2 heterocycles. The number of aromatic nitrogens is 3. The number of rotatable bonds is 4. The predicted molar refractivity (Wildman–Crippen MR) is 90.5 cm³/mol. The van der Waals surface area contributed by atoms with E-state index in [0.29, 0.717) is 15.9 Å². The summed E-state index contributed by atoms with van der Waals surface area (Å²) in [7, 11) is 1.35. The maximum absolute atomic E-state index is 11.3. The summed E-state index contributed by atoms with van der Waals surface area (Å²) in [5.41, 5.74) is 2.16. The molecule has 0 bridgehead atoms. The van der Waals surface area contributed by atoms with E-state index < -0.39 is 0 Å². The first-order valence-corrected chi connectivity index (χ1v) is 8.12. The Morgan fingerprint density at radius 1 is 1.26 bits per heavy atom. The van der Waals surface area contributed by atoms with Crippen molar-refractivity contribution in [3.63, 3.8) is 0 Å². The molecule has 0 aliphatic heterocycles. The van der Waals surface area contributed by atoms with Crippen molar-refractivity contribution in [1.29, 1.82) is 0 Å². The molecule has 23 heavy (non-hydrogen) atoms. The van der Waals surface area contributed by atoms with Crippen LogP contribution in [0.25, 0.3) is 22.3 Å². The summed E-state index contributed by atoms with van der Waals surface area (Å²) in [6, 6.07) is 11.0. The Morgan fingerprint density at radius 2 is 2.13 bits per heavy atom. The average Bonchev–Trinajstić information content (AvgIpc) is 2.59. The molecule has 0 saturated heterocycles. The fourth-order valence-corrected chi connectivity index (χ4v) is 2.88. The highest BCUT2D eigenvalue weighted by atomic mass is 35.5. The maximum Gasteiger partial charge on any atom is 0.316 e. The number of fused-ring (bicyclic) bond motifs is 1. The van der Waals surface area contributed by atoms with Crippen LogP contribution >= 0.6 is 23.4 Å². The van der Waals surface area contributed by atoms with Crippen LogP contribution in [0.3, 0.4) is 0 Å². The first-order chi connectivity index (χ1) is 11.2. The van der Waals surface area contributed by atoms with Crippen molar-refractivity contribution in [2.45, 2.75) is 5.16 Å². The number of halogens is 1. The molecule has 2 aromatic heterocycles. The van der Waals surface area contributed by atoms with Crippen LogP contribution in [0.4, 0.5) is 0 Å². The van der Waals surface area contributed by atoms with Gasteiger partial charge < -0.3 is 4.74 Å². The van der Waals surface area contributed by atoms with Crippen molar-refractivity contribution in [2.24, 2.45) is 0 Å². The number of esters is 1. The molecule has 0 saturated carbocycles. The highest BCUT2D eigenvalue weighted by Crippen LogP contribution is 2.29. The number of carbonyl (C=O) groups is 1. The van der Waals surface area contributed by atoms with Crippen LogP contribution in [0.1, 0.15) is 0 Å². The van der Waals surface area contributed by atoms with Crippen LogP contribution < -0.4 is 0 Å². The highest BCUT2D eigenvalue weighted by molar-refractivity contribution is 7.99. The molecule has 0 N–H and O–H groups in total. The Labute approximate surface area is 142 Å². The third-order valence-electron chi connectivity index (χ3n) is 3.09. The molecule has 0 radical (unpaired) electrons. The molecular weight excluding hydrogens is 334 g/mol. The molecule has 0 atom stereocenters. The summed E-state index contributed by atoms with van der Waals surface area (Å²) in [4.78, 5) is 24.7. The lowest BCUT2D eigenvalue weighted by Crippen LogP contribution is -2.04. The maximum atomic E-state index is 11.3. The Kier molecular flexibility index (Phi) is 4.73. The van der Waals surface area contributed by atoms with E-state index in [1.807, 2.05) is 30.3 Å². The number of benzene rings is 1. The Balaban J connectivity index is 2.11. The van der Waals surface area contributed by atoms with Crippen LogP contribution in [0, 0.1) is 0 Å². The van der Waals surface area contributed by atoms with Gasteiger partial charge in [-0.3, -0.25) is 9.78 Å². The minimum atomic E-state index is -0.325. The minimum Gasteiger partial charge on any atom is -0.468 e. The molecule has 0 spiro atoms. The summed E-state index contributed by atoms with van der Waals surface area (Å²) >= 11 is 7.32. The normalized spacial score (nSPS) is 10.7. The number of nitrogens with zero attached hydrogens (tertiary/aromatic N) is 3. The molecule has 3 aromatic rings. The zero-order chi connectivity index (χ0) is 16.2. The van der Waals surface area contributed by atoms with Gasteiger partial charge in [-0.05, 0) is 30.3 Å². The average molecular weight is 346 g/mol. The molecular formula is C16H12ClN3O2S. The zero-order valence-electron chi connectivity index (χ0n) is 12.2. The lowest BCUT2D eigenvalue weighted by atomic mass is 10.1. The van der Waals surface area contributed by atoms with E-state index in [-0.39, 0.29) is 11.7 Å². The van der Waals surface area contributed by atoms with Gasteiger partial charge >= 0.3 is 5.97 Å². The van der Waals surface area contributed by atoms with Crippen molar-refractivity contribution >= 4 is 40.2 Å². The first-order valence-electron chi connectivity index (χ1n) is 6.75. The zero-order valence-corrected chi connectivity index (χ0v) is 13.8. The van der Waals surface area contributed by atoms with Crippen molar-refractivity contribution in [3.8, 4) is 11.4 Å². The summed E-state index contributed by atoms with van der Waals surface area (Å²) in [6.07, 6.45) is 1.70. The Morgan fingerprint density at radius 3 is 2.87 bits per heavy atom. The fraction of sp³-hybridized carbons (Fsp3) is 0.125. The van der Waals surface area contributed by atoms with E-state index in [9.17, 15) is 4.79 Å². The number of methoxy groups -OCH3 is 1. The third kappa shape index (κ3) is 3.60. The number of carbonyl (C=O) groups excluding carboxylic acids is 1. The van der Waals surface area contributed by atoms with Crippen LogP contribution in [0.5, 0.6) is 0 Å². The second kappa shape index (κ2) is 6.93. The summed E-state index contributed by atoms with van der Waals surface area (Å²) in [5, 5.41) is 1.91. The van der Waals surface area contributed by atoms with Gasteiger partial charge in [0.2, 0.25) is 0 Å². The van der Waals surface area contributed by atoms with Gasteiger partial charge in [0.05, 0.1) is 24.1 Å². The first kappa shape index (κ1) is 15.7. The van der Waals surface area contributed by atoms with Gasteiger partial charge in [-0.2, -0.15) is 0 Å².